The minimum absolute atomic E-state index is 0.0798. The van der Waals surface area contributed by atoms with Crippen molar-refractivity contribution in [1.82, 2.24) is 5.16 Å². The topological polar surface area (TPSA) is 63.3 Å². The Balaban J connectivity index is 0.000000606. The van der Waals surface area contributed by atoms with Crippen LogP contribution in [0.2, 0.25) is 0 Å². The number of rotatable bonds is 2. The highest BCUT2D eigenvalue weighted by Gasteiger charge is 2.15. The minimum atomic E-state index is -1.04. The Labute approximate surface area is 93.5 Å². The summed E-state index contributed by atoms with van der Waals surface area (Å²) in [6, 6.07) is 9.01. The Hall–Kier alpha value is -2.10. The molecule has 0 saturated carbocycles. The number of benzene rings is 1. The van der Waals surface area contributed by atoms with Gasteiger partial charge in [0.1, 0.15) is 5.56 Å². The van der Waals surface area contributed by atoms with Gasteiger partial charge >= 0.3 is 5.97 Å². The van der Waals surface area contributed by atoms with Crippen molar-refractivity contribution >= 4 is 5.97 Å². The molecule has 0 bridgehead atoms. The zero-order valence-corrected chi connectivity index (χ0v) is 9.18. The number of carboxylic acid groups (broad SMARTS) is 1. The first kappa shape index (κ1) is 12.0. The van der Waals surface area contributed by atoms with E-state index >= 15 is 0 Å². The summed E-state index contributed by atoms with van der Waals surface area (Å²) < 4.78 is 4.88. The van der Waals surface area contributed by atoms with Crippen LogP contribution in [0.5, 0.6) is 0 Å². The monoisotopic (exact) mass is 219 g/mol. The molecule has 0 aliphatic carbocycles. The number of aromatic nitrogens is 1. The van der Waals surface area contributed by atoms with Gasteiger partial charge in [0.2, 0.25) is 0 Å². The average molecular weight is 219 g/mol. The lowest BCUT2D eigenvalue weighted by Crippen LogP contribution is -1.95. The predicted octanol–water partition coefficient (Wildman–Crippen LogP) is 3.07. The normalized spacial score (nSPS) is 9.12. The van der Waals surface area contributed by atoms with E-state index in [4.69, 9.17) is 9.63 Å². The molecule has 4 heteroatoms. The van der Waals surface area contributed by atoms with Gasteiger partial charge in [0.15, 0.2) is 5.76 Å². The Morgan fingerprint density at radius 1 is 1.25 bits per heavy atom. The van der Waals surface area contributed by atoms with E-state index in [0.29, 0.717) is 5.56 Å². The maximum atomic E-state index is 10.8. The van der Waals surface area contributed by atoms with Gasteiger partial charge < -0.3 is 9.63 Å². The summed E-state index contributed by atoms with van der Waals surface area (Å²) in [5.74, 6) is -0.747. The second-order valence-electron chi connectivity index (χ2n) is 2.74. The number of hydrogen-bond acceptors (Lipinski definition) is 3. The van der Waals surface area contributed by atoms with Crippen LogP contribution in [-0.2, 0) is 0 Å². The molecule has 0 fully saturated rings. The van der Waals surface area contributed by atoms with Crippen LogP contribution in [0, 0.1) is 0 Å². The van der Waals surface area contributed by atoms with E-state index in [1.807, 2.05) is 32.0 Å². The molecule has 1 heterocycles. The van der Waals surface area contributed by atoms with E-state index in [9.17, 15) is 4.79 Å². The van der Waals surface area contributed by atoms with Crippen molar-refractivity contribution in [2.75, 3.05) is 0 Å². The summed E-state index contributed by atoms with van der Waals surface area (Å²) in [6.07, 6.45) is 1.20. The molecule has 1 N–H and O–H groups in total. The molecular formula is C12H13NO3. The van der Waals surface area contributed by atoms with Crippen molar-refractivity contribution in [3.63, 3.8) is 0 Å². The van der Waals surface area contributed by atoms with Crippen molar-refractivity contribution in [3.8, 4) is 11.3 Å². The van der Waals surface area contributed by atoms with E-state index in [-0.39, 0.29) is 11.3 Å². The fraction of sp³-hybridized carbons (Fsp3) is 0.167. The van der Waals surface area contributed by atoms with Crippen molar-refractivity contribution in [3.05, 3.63) is 42.1 Å². The van der Waals surface area contributed by atoms with E-state index in [0.717, 1.165) is 0 Å². The summed E-state index contributed by atoms with van der Waals surface area (Å²) in [5, 5.41) is 12.3. The first-order chi connectivity index (χ1) is 7.79. The standard InChI is InChI=1S/C10H7NO3.C2H6/c12-10(13)8-6-11-14-9(8)7-4-2-1-3-5-7;1-2/h1-6H,(H,12,13);1-2H3. The molecule has 16 heavy (non-hydrogen) atoms. The third-order valence-electron chi connectivity index (χ3n) is 1.84. The second-order valence-corrected chi connectivity index (χ2v) is 2.74. The molecule has 1 aromatic carbocycles. The lowest BCUT2D eigenvalue weighted by atomic mass is 10.1. The zero-order valence-electron chi connectivity index (χ0n) is 9.18. The summed E-state index contributed by atoms with van der Waals surface area (Å²) >= 11 is 0. The second kappa shape index (κ2) is 5.70. The Bertz CT molecular complexity index is 448. The molecule has 84 valence electrons. The van der Waals surface area contributed by atoms with Gasteiger partial charge in [-0.15, -0.1) is 0 Å². The molecule has 0 saturated heterocycles. The lowest BCUT2D eigenvalue weighted by Gasteiger charge is -1.95. The van der Waals surface area contributed by atoms with Crippen molar-refractivity contribution in [1.29, 1.82) is 0 Å². The van der Waals surface area contributed by atoms with Crippen LogP contribution in [0.15, 0.2) is 41.1 Å². The molecule has 0 aliphatic heterocycles. The number of carboxylic acids is 1. The highest BCUT2D eigenvalue weighted by molar-refractivity contribution is 5.93. The summed E-state index contributed by atoms with van der Waals surface area (Å²) in [7, 11) is 0. The molecule has 1 aromatic heterocycles. The highest BCUT2D eigenvalue weighted by atomic mass is 16.5. The van der Waals surface area contributed by atoms with Crippen molar-refractivity contribution in [2.45, 2.75) is 13.8 Å². The van der Waals surface area contributed by atoms with E-state index in [1.165, 1.54) is 6.20 Å². The molecule has 4 nitrogen and oxygen atoms in total. The molecule has 2 rings (SSSR count). The van der Waals surface area contributed by atoms with Gasteiger partial charge in [-0.1, -0.05) is 49.3 Å². The van der Waals surface area contributed by atoms with Crippen LogP contribution in [0.4, 0.5) is 0 Å². The van der Waals surface area contributed by atoms with E-state index < -0.39 is 5.97 Å². The van der Waals surface area contributed by atoms with Gasteiger partial charge in [0, 0.05) is 5.56 Å². The zero-order chi connectivity index (χ0) is 12.0. The SMILES string of the molecule is CC.O=C(O)c1cnoc1-c1ccccc1. The van der Waals surface area contributed by atoms with Gasteiger partial charge in [0.05, 0.1) is 6.20 Å². The fourth-order valence-corrected chi connectivity index (χ4v) is 1.19. The van der Waals surface area contributed by atoms with Crippen LogP contribution in [0.1, 0.15) is 24.2 Å². The van der Waals surface area contributed by atoms with Crippen LogP contribution in [0.3, 0.4) is 0 Å². The minimum Gasteiger partial charge on any atom is -0.477 e. The lowest BCUT2D eigenvalue weighted by molar-refractivity contribution is 0.0697. The van der Waals surface area contributed by atoms with Gasteiger partial charge in [0.25, 0.3) is 0 Å². The molecule has 2 aromatic rings. The molecular weight excluding hydrogens is 206 g/mol. The van der Waals surface area contributed by atoms with E-state index in [2.05, 4.69) is 5.16 Å². The predicted molar refractivity (Wildman–Crippen MR) is 60.2 cm³/mol. The number of hydrogen-bond donors (Lipinski definition) is 1. The van der Waals surface area contributed by atoms with Crippen LogP contribution >= 0.6 is 0 Å². The molecule has 0 unspecified atom stereocenters. The Morgan fingerprint density at radius 2 is 1.88 bits per heavy atom. The molecule has 0 aliphatic rings. The van der Waals surface area contributed by atoms with Crippen LogP contribution < -0.4 is 0 Å². The van der Waals surface area contributed by atoms with Crippen LogP contribution in [-0.4, -0.2) is 16.2 Å². The smallest absolute Gasteiger partial charge is 0.341 e. The molecule has 0 spiro atoms. The fourth-order valence-electron chi connectivity index (χ4n) is 1.19. The third-order valence-corrected chi connectivity index (χ3v) is 1.84. The van der Waals surface area contributed by atoms with Gasteiger partial charge in [-0.2, -0.15) is 0 Å². The maximum Gasteiger partial charge on any atom is 0.341 e. The largest absolute Gasteiger partial charge is 0.477 e. The summed E-state index contributed by atoms with van der Waals surface area (Å²) in [4.78, 5) is 10.8. The van der Waals surface area contributed by atoms with Gasteiger partial charge in [-0.05, 0) is 0 Å². The summed E-state index contributed by atoms with van der Waals surface area (Å²) in [5.41, 5.74) is 0.790. The maximum absolute atomic E-state index is 10.8. The first-order valence-electron chi connectivity index (χ1n) is 5.02. The number of carbonyl (C=O) groups is 1. The Morgan fingerprint density at radius 3 is 2.44 bits per heavy atom. The molecule has 0 atom stereocenters. The summed E-state index contributed by atoms with van der Waals surface area (Å²) in [6.45, 7) is 4.00. The number of aromatic carboxylic acids is 1. The van der Waals surface area contributed by atoms with E-state index in [1.54, 1.807) is 12.1 Å². The van der Waals surface area contributed by atoms with Crippen LogP contribution in [0.25, 0.3) is 11.3 Å². The quantitative estimate of drug-likeness (QED) is 0.843. The third kappa shape index (κ3) is 2.48. The average Bonchev–Trinajstić information content (AvgIpc) is 2.82. The number of nitrogens with zero attached hydrogens (tertiary/aromatic N) is 1. The molecule has 0 amide bonds. The molecule has 0 radical (unpaired) electrons. The van der Waals surface area contributed by atoms with Crippen molar-refractivity contribution < 1.29 is 14.4 Å². The van der Waals surface area contributed by atoms with Gasteiger partial charge in [-0.3, -0.25) is 0 Å². The highest BCUT2D eigenvalue weighted by Crippen LogP contribution is 2.22. The Kier molecular flexibility index (Phi) is 4.27. The van der Waals surface area contributed by atoms with Crippen molar-refractivity contribution in [2.24, 2.45) is 0 Å². The first-order valence-corrected chi connectivity index (χ1v) is 5.02. The van der Waals surface area contributed by atoms with Gasteiger partial charge in [-0.25, -0.2) is 4.79 Å².